The lowest BCUT2D eigenvalue weighted by atomic mass is 9.87. The van der Waals surface area contributed by atoms with Crippen LogP contribution >= 0.6 is 11.6 Å². The van der Waals surface area contributed by atoms with Crippen LogP contribution in [0.15, 0.2) is 102 Å². The maximum atomic E-state index is 17.1. The number of carboxylic acids is 1. The number of benzene rings is 4. The number of aromatic carboxylic acids is 1. The number of anilines is 2. The Hall–Kier alpha value is -5.69. The van der Waals surface area contributed by atoms with E-state index in [4.69, 9.17) is 25.5 Å². The molecule has 5 rings (SSSR count). The first-order valence-electron chi connectivity index (χ1n) is 19.2. The van der Waals surface area contributed by atoms with Crippen LogP contribution in [0.1, 0.15) is 52.0 Å². The van der Waals surface area contributed by atoms with Gasteiger partial charge in [0.1, 0.15) is 29.8 Å². The quantitative estimate of drug-likeness (QED) is 0.0210. The molecule has 0 radical (unpaired) electrons. The molecule has 0 saturated heterocycles. The lowest BCUT2D eigenvalue weighted by Crippen LogP contribution is -2.32. The van der Waals surface area contributed by atoms with Gasteiger partial charge in [-0.2, -0.15) is 4.58 Å². The molecule has 2 aliphatic rings. The monoisotopic (exact) mass is 829 g/mol. The lowest BCUT2D eigenvalue weighted by molar-refractivity contribution is -0.255. The van der Waals surface area contributed by atoms with Gasteiger partial charge in [0, 0.05) is 89.4 Å². The number of hydrogen-bond acceptors (Lipinski definition) is 7. The van der Waals surface area contributed by atoms with Gasteiger partial charge in [-0.25, -0.2) is 13.2 Å². The molecule has 13 heteroatoms. The summed E-state index contributed by atoms with van der Waals surface area (Å²) in [6, 6.07) is 17.6. The third kappa shape index (κ3) is 9.96. The van der Waals surface area contributed by atoms with Crippen molar-refractivity contribution in [2.45, 2.75) is 32.6 Å². The first kappa shape index (κ1) is 44.4. The number of carbonyl (C=O) groups excluding carboxylic acids is 2. The third-order valence-electron chi connectivity index (χ3n) is 9.95. The molecular formula is C46H47ClF3N3O6. The average molecular weight is 830 g/mol. The molecule has 9 nitrogen and oxygen atoms in total. The number of ether oxygens (including phenoxy) is 2. The van der Waals surface area contributed by atoms with E-state index in [-0.39, 0.29) is 47.6 Å². The average Bonchev–Trinajstić information content (AvgIpc) is 3.23. The van der Waals surface area contributed by atoms with Crippen LogP contribution < -0.4 is 25.3 Å². The second-order valence-electron chi connectivity index (χ2n) is 13.7. The molecule has 1 amide bonds. The highest BCUT2D eigenvalue weighted by molar-refractivity contribution is 6.17. The van der Waals surface area contributed by atoms with Crippen LogP contribution in [0.3, 0.4) is 0 Å². The largest absolute Gasteiger partial charge is 0.545 e. The molecule has 1 heterocycles. The molecule has 1 N–H and O–H groups in total. The first-order valence-corrected chi connectivity index (χ1v) is 19.7. The molecule has 0 fully saturated rings. The summed E-state index contributed by atoms with van der Waals surface area (Å²) >= 11 is 5.69. The van der Waals surface area contributed by atoms with E-state index >= 15 is 13.2 Å². The molecule has 0 atom stereocenters. The zero-order chi connectivity index (χ0) is 42.6. The van der Waals surface area contributed by atoms with Crippen molar-refractivity contribution in [1.82, 2.24) is 9.89 Å². The summed E-state index contributed by atoms with van der Waals surface area (Å²) < 4.78 is 68.2. The van der Waals surface area contributed by atoms with Crippen molar-refractivity contribution in [3.63, 3.8) is 0 Å². The van der Waals surface area contributed by atoms with Crippen LogP contribution in [-0.2, 0) is 9.47 Å². The molecule has 3 aromatic carbocycles. The van der Waals surface area contributed by atoms with Gasteiger partial charge in [-0.3, -0.25) is 4.79 Å². The summed E-state index contributed by atoms with van der Waals surface area (Å²) in [5.41, 5.74) is -0.699. The molecular weight excluding hydrogens is 783 g/mol. The van der Waals surface area contributed by atoms with E-state index < -0.39 is 46.0 Å². The van der Waals surface area contributed by atoms with Gasteiger partial charge in [-0.15, -0.1) is 11.6 Å². The van der Waals surface area contributed by atoms with Gasteiger partial charge < -0.3 is 34.0 Å². The van der Waals surface area contributed by atoms with E-state index in [2.05, 4.69) is 18.5 Å². The number of alkyl halides is 1. The highest BCUT2D eigenvalue weighted by Crippen LogP contribution is 2.45. The van der Waals surface area contributed by atoms with Crippen molar-refractivity contribution >= 4 is 45.8 Å². The Morgan fingerprint density at radius 3 is 2.25 bits per heavy atom. The topological polar surface area (TPSA) is 107 Å². The number of likely N-dealkylation sites (N-methyl/N-ethyl adjacent to an activating group) is 1. The van der Waals surface area contributed by atoms with Gasteiger partial charge in [0.2, 0.25) is 11.1 Å². The Bertz CT molecular complexity index is 2410. The standard InChI is InChI=1S/C46H47ClF3N3O6/c1-6-15-30(7-2)53(5)35-21-20-34-37(33-19-18-32(28-36(33)59-44(34)29(35)3)52(4)31-16-11-10-12-17-31)38-39(46(55)56)42(49)43(50)40(41(38)48)45(54)51-23-25-58-27-26-57-24-14-9-8-13-22-47/h6-7,10-12,15-21,28H,1-2,8-9,13-14,22-27H2,3-5H3,(H-,51,54,55,56)/b30-15+. The van der Waals surface area contributed by atoms with Gasteiger partial charge in [0.25, 0.3) is 5.91 Å². The summed E-state index contributed by atoms with van der Waals surface area (Å²) in [6.45, 7) is 10.2. The van der Waals surface area contributed by atoms with Crippen LogP contribution in [-0.4, -0.2) is 64.8 Å². The van der Waals surface area contributed by atoms with E-state index in [1.807, 2.05) is 46.9 Å². The molecule has 3 aromatic rings. The number of fused-ring (bicyclic) bond motifs is 2. The van der Waals surface area contributed by atoms with Crippen molar-refractivity contribution in [2.75, 3.05) is 57.8 Å². The second kappa shape index (κ2) is 20.8. The van der Waals surface area contributed by atoms with E-state index in [0.717, 1.165) is 31.4 Å². The van der Waals surface area contributed by atoms with E-state index in [0.29, 0.717) is 41.4 Å². The number of halogens is 4. The Labute approximate surface area is 346 Å². The van der Waals surface area contributed by atoms with Crippen LogP contribution in [0.4, 0.5) is 24.5 Å². The van der Waals surface area contributed by atoms with Gasteiger partial charge in [0.05, 0.1) is 31.4 Å². The number of amides is 1. The number of carbonyl (C=O) groups is 2. The Morgan fingerprint density at radius 2 is 1.58 bits per heavy atom. The number of allylic oxidation sites excluding steroid dienone is 3. The number of nitrogens with one attached hydrogen (secondary N) is 1. The molecule has 59 heavy (non-hydrogen) atoms. The van der Waals surface area contributed by atoms with E-state index in [1.165, 1.54) is 0 Å². The molecule has 0 saturated carbocycles. The molecule has 310 valence electrons. The summed E-state index contributed by atoms with van der Waals surface area (Å²) in [4.78, 5) is 28.0. The molecule has 0 aromatic heterocycles. The first-order chi connectivity index (χ1) is 28.5. The fourth-order valence-electron chi connectivity index (χ4n) is 6.87. The number of para-hydroxylation sites is 1. The predicted octanol–water partition coefficient (Wildman–Crippen LogP) is 8.28. The van der Waals surface area contributed by atoms with Gasteiger partial charge in [0.15, 0.2) is 11.6 Å². The van der Waals surface area contributed by atoms with Crippen LogP contribution in [0, 0.1) is 24.4 Å². The molecule has 0 unspecified atom stereocenters. The minimum absolute atomic E-state index is 0.0403. The Morgan fingerprint density at radius 1 is 0.881 bits per heavy atom. The van der Waals surface area contributed by atoms with Crippen LogP contribution in [0.25, 0.3) is 33.4 Å². The predicted molar refractivity (Wildman–Crippen MR) is 225 cm³/mol. The minimum Gasteiger partial charge on any atom is -0.545 e. The smallest absolute Gasteiger partial charge is 0.257 e. The summed E-state index contributed by atoms with van der Waals surface area (Å²) in [5, 5.41) is 15.8. The highest BCUT2D eigenvalue weighted by atomic mass is 35.5. The summed E-state index contributed by atoms with van der Waals surface area (Å²) in [6.07, 6.45) is 8.84. The number of hydrogen-bond donors (Lipinski definition) is 1. The molecule has 1 aliphatic carbocycles. The van der Waals surface area contributed by atoms with Crippen molar-refractivity contribution in [1.29, 1.82) is 0 Å². The van der Waals surface area contributed by atoms with Crippen molar-refractivity contribution in [3.05, 3.63) is 137 Å². The zero-order valence-corrected chi connectivity index (χ0v) is 34.1. The zero-order valence-electron chi connectivity index (χ0n) is 33.3. The summed E-state index contributed by atoms with van der Waals surface area (Å²) in [7, 11) is 3.62. The van der Waals surface area contributed by atoms with Crippen molar-refractivity contribution in [2.24, 2.45) is 0 Å². The van der Waals surface area contributed by atoms with Gasteiger partial charge >= 0.3 is 0 Å². The fraction of sp³-hybridized carbons (Fsp3) is 0.283. The number of nitrogens with zero attached hydrogens (tertiary/aromatic N) is 2. The number of unbranched alkanes of at least 4 members (excludes halogenated alkanes) is 3. The fourth-order valence-corrected chi connectivity index (χ4v) is 7.06. The molecule has 0 spiro atoms. The van der Waals surface area contributed by atoms with E-state index in [9.17, 15) is 14.7 Å². The van der Waals surface area contributed by atoms with Crippen LogP contribution in [0.2, 0.25) is 0 Å². The Kier molecular flexibility index (Phi) is 15.7. The minimum atomic E-state index is -2.19. The SMILES string of the molecule is C=C/C=C(\C=C)[N+](C)=c1ccc2c(-c3c(F)c(C(=O)NCCOCCOCCCCCCCl)c(F)c(F)c3C(=O)[O-])c3ccc(N(C)c4ccccc4)cc3oc-2c1C. The highest BCUT2D eigenvalue weighted by Gasteiger charge is 2.34. The van der Waals surface area contributed by atoms with Crippen molar-refractivity contribution in [3.8, 4) is 22.5 Å². The third-order valence-corrected chi connectivity index (χ3v) is 10.2. The second-order valence-corrected chi connectivity index (χ2v) is 14.0. The number of carboxylic acid groups (broad SMARTS) is 1. The lowest BCUT2D eigenvalue weighted by Gasteiger charge is -2.23. The van der Waals surface area contributed by atoms with Gasteiger partial charge in [-0.1, -0.05) is 50.3 Å². The maximum Gasteiger partial charge on any atom is 0.257 e. The van der Waals surface area contributed by atoms with Crippen molar-refractivity contribution < 1.29 is 41.8 Å². The molecule has 1 aliphatic heterocycles. The normalized spacial score (nSPS) is 12.2. The van der Waals surface area contributed by atoms with Gasteiger partial charge in [-0.05, 0) is 50.1 Å². The molecule has 0 bridgehead atoms. The van der Waals surface area contributed by atoms with E-state index in [1.54, 1.807) is 62.5 Å². The van der Waals surface area contributed by atoms with Crippen LogP contribution in [0.5, 0.6) is 0 Å². The maximum absolute atomic E-state index is 17.1. The summed E-state index contributed by atoms with van der Waals surface area (Å²) in [5.74, 6) is -8.21. The Balaban J connectivity index is 1.62. The number of rotatable bonds is 20.